The molecule has 0 bridgehead atoms. The monoisotopic (exact) mass is 358 g/mol. The smallest absolute Gasteiger partial charge is 0.265 e. The van der Waals surface area contributed by atoms with Gasteiger partial charge in [0.2, 0.25) is 0 Å². The predicted molar refractivity (Wildman–Crippen MR) is 94.1 cm³/mol. The summed E-state index contributed by atoms with van der Waals surface area (Å²) in [4.78, 5) is 25.3. The van der Waals surface area contributed by atoms with E-state index in [9.17, 15) is 4.79 Å². The number of hydrogen-bond acceptors (Lipinski definition) is 8. The summed E-state index contributed by atoms with van der Waals surface area (Å²) in [5, 5.41) is 9.82. The highest BCUT2D eigenvalue weighted by Crippen LogP contribution is 2.13. The third kappa shape index (κ3) is 3.79. The third-order valence-electron chi connectivity index (χ3n) is 3.73. The maximum Gasteiger partial charge on any atom is 0.265 e. The lowest BCUT2D eigenvalue weighted by Crippen LogP contribution is -2.28. The van der Waals surface area contributed by atoms with Crippen molar-refractivity contribution in [2.24, 2.45) is 0 Å². The van der Waals surface area contributed by atoms with Crippen molar-refractivity contribution in [3.05, 3.63) is 40.7 Å². The minimum Gasteiger partial charge on any atom is -0.368 e. The van der Waals surface area contributed by atoms with Gasteiger partial charge in [0.1, 0.15) is 29.2 Å². The fourth-order valence-corrected chi connectivity index (χ4v) is 2.76. The first-order valence-electron chi connectivity index (χ1n) is 7.70. The molecular weight excluding hydrogens is 340 g/mol. The Hall–Kier alpha value is -2.88. The van der Waals surface area contributed by atoms with Crippen molar-refractivity contribution in [2.45, 2.75) is 20.8 Å². The van der Waals surface area contributed by atoms with Crippen LogP contribution in [0.3, 0.4) is 0 Å². The molecule has 0 aliphatic heterocycles. The quantitative estimate of drug-likeness (QED) is 0.639. The molecule has 0 aliphatic carbocycles. The van der Waals surface area contributed by atoms with Gasteiger partial charge in [-0.2, -0.15) is 0 Å². The Morgan fingerprint density at radius 1 is 1.16 bits per heavy atom. The normalized spacial score (nSPS) is 10.7. The highest BCUT2D eigenvalue weighted by Gasteiger charge is 2.12. The first kappa shape index (κ1) is 17.0. The molecule has 3 aromatic rings. The first-order chi connectivity index (χ1) is 12.1. The maximum absolute atomic E-state index is 12.0. The number of hydrogen-bond donors (Lipinski definition) is 2. The van der Waals surface area contributed by atoms with Gasteiger partial charge in [-0.05, 0) is 32.3 Å². The van der Waals surface area contributed by atoms with Gasteiger partial charge in [0.15, 0.2) is 0 Å². The number of amides is 1. The molecule has 0 fully saturated rings. The van der Waals surface area contributed by atoms with Crippen LogP contribution in [0.1, 0.15) is 26.8 Å². The van der Waals surface area contributed by atoms with Gasteiger partial charge in [-0.3, -0.25) is 9.36 Å². The standard InChI is InChI=1S/C15H18N8OS/c1-9-11(3)23(8-20-9)13-6-12(18-7-19-13)16-4-5-17-15(24)14-10(2)21-22-25-14/h6-8H,4-5H2,1-3H3,(H,17,24)(H,16,18,19). The summed E-state index contributed by atoms with van der Waals surface area (Å²) in [6, 6.07) is 1.84. The van der Waals surface area contributed by atoms with E-state index < -0.39 is 0 Å². The number of carbonyl (C=O) groups excluding carboxylic acids is 1. The van der Waals surface area contributed by atoms with Gasteiger partial charge < -0.3 is 10.6 Å². The first-order valence-corrected chi connectivity index (χ1v) is 8.47. The van der Waals surface area contributed by atoms with Crippen molar-refractivity contribution in [2.75, 3.05) is 18.4 Å². The molecule has 0 aromatic carbocycles. The van der Waals surface area contributed by atoms with Crippen molar-refractivity contribution in [1.29, 1.82) is 0 Å². The average Bonchev–Trinajstić information content (AvgIpc) is 3.18. The molecule has 130 valence electrons. The molecule has 0 radical (unpaired) electrons. The van der Waals surface area contributed by atoms with E-state index in [4.69, 9.17) is 0 Å². The Morgan fingerprint density at radius 3 is 2.68 bits per heavy atom. The molecule has 3 aromatic heterocycles. The molecule has 9 nitrogen and oxygen atoms in total. The van der Waals surface area contributed by atoms with Crippen LogP contribution >= 0.6 is 11.5 Å². The Labute approximate surface area is 148 Å². The van der Waals surface area contributed by atoms with Crippen LogP contribution in [0.25, 0.3) is 5.82 Å². The van der Waals surface area contributed by atoms with Gasteiger partial charge in [0.25, 0.3) is 5.91 Å². The van der Waals surface area contributed by atoms with Gasteiger partial charge in [0, 0.05) is 24.8 Å². The Morgan fingerprint density at radius 2 is 2.00 bits per heavy atom. The summed E-state index contributed by atoms with van der Waals surface area (Å²) >= 11 is 1.09. The van der Waals surface area contributed by atoms with E-state index in [1.165, 1.54) is 6.33 Å². The second-order valence-electron chi connectivity index (χ2n) is 5.42. The molecule has 2 N–H and O–H groups in total. The molecular formula is C15H18N8OS. The van der Waals surface area contributed by atoms with Gasteiger partial charge in [-0.25, -0.2) is 15.0 Å². The van der Waals surface area contributed by atoms with Crippen LogP contribution in [0.2, 0.25) is 0 Å². The summed E-state index contributed by atoms with van der Waals surface area (Å²) in [6.07, 6.45) is 3.24. The molecule has 0 aliphatic rings. The van der Waals surface area contributed by atoms with Crippen LogP contribution in [-0.2, 0) is 0 Å². The van der Waals surface area contributed by atoms with Crippen LogP contribution < -0.4 is 10.6 Å². The largest absolute Gasteiger partial charge is 0.368 e. The number of nitrogens with zero attached hydrogens (tertiary/aromatic N) is 6. The van der Waals surface area contributed by atoms with E-state index in [1.54, 1.807) is 13.3 Å². The second kappa shape index (κ2) is 7.34. The summed E-state index contributed by atoms with van der Waals surface area (Å²) in [6.45, 7) is 6.70. The number of imidazole rings is 1. The molecule has 0 saturated carbocycles. The van der Waals surface area contributed by atoms with Crippen LogP contribution in [0.4, 0.5) is 5.82 Å². The summed E-state index contributed by atoms with van der Waals surface area (Å²) in [5.41, 5.74) is 2.64. The van der Waals surface area contributed by atoms with Gasteiger partial charge in [-0.15, -0.1) is 5.10 Å². The fourth-order valence-electron chi connectivity index (χ4n) is 2.19. The summed E-state index contributed by atoms with van der Waals surface area (Å²) in [7, 11) is 0. The Bertz CT molecular complexity index is 887. The molecule has 0 atom stereocenters. The zero-order chi connectivity index (χ0) is 17.8. The van der Waals surface area contributed by atoms with Crippen LogP contribution in [-0.4, -0.2) is 48.1 Å². The minimum atomic E-state index is -0.165. The maximum atomic E-state index is 12.0. The third-order valence-corrected chi connectivity index (χ3v) is 4.55. The van der Waals surface area contributed by atoms with Crippen molar-refractivity contribution >= 4 is 23.3 Å². The summed E-state index contributed by atoms with van der Waals surface area (Å²) in [5.74, 6) is 1.26. The minimum absolute atomic E-state index is 0.165. The molecule has 3 rings (SSSR count). The van der Waals surface area contributed by atoms with Crippen molar-refractivity contribution in [3.63, 3.8) is 0 Å². The number of aromatic nitrogens is 6. The molecule has 1 amide bonds. The lowest BCUT2D eigenvalue weighted by molar-refractivity contribution is 0.0958. The van der Waals surface area contributed by atoms with E-state index in [2.05, 4.69) is 35.2 Å². The topological polar surface area (TPSA) is 111 Å². The molecule has 0 spiro atoms. The number of rotatable bonds is 6. The summed E-state index contributed by atoms with van der Waals surface area (Å²) < 4.78 is 5.66. The van der Waals surface area contributed by atoms with E-state index in [-0.39, 0.29) is 5.91 Å². The van der Waals surface area contributed by atoms with Crippen molar-refractivity contribution in [3.8, 4) is 5.82 Å². The van der Waals surface area contributed by atoms with Crippen LogP contribution in [0, 0.1) is 20.8 Å². The predicted octanol–water partition coefficient (Wildman–Crippen LogP) is 1.28. The highest BCUT2D eigenvalue weighted by atomic mass is 32.1. The SMILES string of the molecule is Cc1nnsc1C(=O)NCCNc1cc(-n2cnc(C)c2C)ncn1. The zero-order valence-electron chi connectivity index (χ0n) is 14.1. The number of anilines is 1. The van der Waals surface area contributed by atoms with Gasteiger partial charge in [-0.1, -0.05) is 4.49 Å². The number of carbonyl (C=O) groups is 1. The van der Waals surface area contributed by atoms with Crippen molar-refractivity contribution < 1.29 is 4.79 Å². The van der Waals surface area contributed by atoms with Crippen LogP contribution in [0.15, 0.2) is 18.7 Å². The second-order valence-corrected chi connectivity index (χ2v) is 6.17. The Kier molecular flexibility index (Phi) is 4.98. The number of nitrogens with one attached hydrogen (secondary N) is 2. The van der Waals surface area contributed by atoms with E-state index in [0.717, 1.165) is 28.7 Å². The van der Waals surface area contributed by atoms with Crippen molar-refractivity contribution in [1.82, 2.24) is 34.4 Å². The van der Waals surface area contributed by atoms with Gasteiger partial charge in [0.05, 0.1) is 11.4 Å². The highest BCUT2D eigenvalue weighted by molar-refractivity contribution is 7.07. The molecule has 25 heavy (non-hydrogen) atoms. The molecule has 0 saturated heterocycles. The number of aryl methyl sites for hydroxylation is 2. The van der Waals surface area contributed by atoms with E-state index >= 15 is 0 Å². The lowest BCUT2D eigenvalue weighted by Gasteiger charge is -2.09. The zero-order valence-corrected chi connectivity index (χ0v) is 15.0. The van der Waals surface area contributed by atoms with E-state index in [1.807, 2.05) is 24.5 Å². The van der Waals surface area contributed by atoms with E-state index in [0.29, 0.717) is 29.5 Å². The molecule has 10 heteroatoms. The lowest BCUT2D eigenvalue weighted by atomic mass is 10.3. The fraction of sp³-hybridized carbons (Fsp3) is 0.333. The molecule has 0 unspecified atom stereocenters. The Balaban J connectivity index is 1.56. The van der Waals surface area contributed by atoms with Crippen LogP contribution in [0.5, 0.6) is 0 Å². The molecule has 3 heterocycles. The van der Waals surface area contributed by atoms with Gasteiger partial charge >= 0.3 is 0 Å². The average molecular weight is 358 g/mol.